The summed E-state index contributed by atoms with van der Waals surface area (Å²) in [4.78, 5) is 5.02. The molecule has 3 nitrogen and oxygen atoms in total. The normalized spacial score (nSPS) is 21.5. The average Bonchev–Trinajstić information content (AvgIpc) is 2.41. The molecule has 0 radical (unpaired) electrons. The molecular weight excluding hydrogens is 258 g/mol. The van der Waals surface area contributed by atoms with Crippen molar-refractivity contribution in [2.24, 2.45) is 0 Å². The molecule has 0 amide bonds. The van der Waals surface area contributed by atoms with Gasteiger partial charge in [-0.25, -0.2) is 0 Å². The number of nitrogens with one attached hydrogen (secondary N) is 1. The van der Waals surface area contributed by atoms with Crippen molar-refractivity contribution < 1.29 is 0 Å². The van der Waals surface area contributed by atoms with Crippen LogP contribution in [-0.2, 0) is 0 Å². The van der Waals surface area contributed by atoms with Crippen molar-refractivity contribution in [2.45, 2.75) is 19.4 Å². The predicted octanol–water partition coefficient (Wildman–Crippen LogP) is 2.78. The van der Waals surface area contributed by atoms with E-state index in [-0.39, 0.29) is 0 Å². The standard InChI is InChI=1S/C15H24ClN3/c1-3-15-12-19(10-9-18(15)2)8-7-17-14-6-4-5-13(16)11-14/h4-6,11,15,17H,3,7-10,12H2,1-2H3. The summed E-state index contributed by atoms with van der Waals surface area (Å²) in [5, 5.41) is 4.22. The van der Waals surface area contributed by atoms with Crippen LogP contribution in [0.4, 0.5) is 5.69 Å². The first-order chi connectivity index (χ1) is 9.19. The fourth-order valence-electron chi connectivity index (χ4n) is 2.61. The van der Waals surface area contributed by atoms with Crippen LogP contribution in [0.2, 0.25) is 5.02 Å². The van der Waals surface area contributed by atoms with Gasteiger partial charge in [-0.3, -0.25) is 4.90 Å². The molecule has 2 rings (SSSR count). The molecule has 0 aliphatic carbocycles. The minimum absolute atomic E-state index is 0.708. The molecule has 19 heavy (non-hydrogen) atoms. The molecule has 4 heteroatoms. The Bertz CT molecular complexity index is 397. The van der Waals surface area contributed by atoms with E-state index in [4.69, 9.17) is 11.6 Å². The maximum atomic E-state index is 5.97. The van der Waals surface area contributed by atoms with E-state index >= 15 is 0 Å². The fourth-order valence-corrected chi connectivity index (χ4v) is 2.80. The molecule has 1 atom stereocenters. The van der Waals surface area contributed by atoms with Crippen LogP contribution in [0, 0.1) is 0 Å². The van der Waals surface area contributed by atoms with Gasteiger partial charge < -0.3 is 10.2 Å². The lowest BCUT2D eigenvalue weighted by Gasteiger charge is -2.39. The number of halogens is 1. The zero-order valence-electron chi connectivity index (χ0n) is 11.9. The lowest BCUT2D eigenvalue weighted by molar-refractivity contribution is 0.0963. The summed E-state index contributed by atoms with van der Waals surface area (Å²) in [6.07, 6.45) is 1.23. The highest BCUT2D eigenvalue weighted by Gasteiger charge is 2.21. The van der Waals surface area contributed by atoms with E-state index in [0.29, 0.717) is 6.04 Å². The van der Waals surface area contributed by atoms with E-state index in [1.165, 1.54) is 26.1 Å². The number of benzene rings is 1. The van der Waals surface area contributed by atoms with Crippen LogP contribution < -0.4 is 5.32 Å². The Kier molecular flexibility index (Phi) is 5.49. The number of piperazine rings is 1. The SMILES string of the molecule is CCC1CN(CCNc2cccc(Cl)c2)CCN1C. The van der Waals surface area contributed by atoms with Crippen molar-refractivity contribution in [3.63, 3.8) is 0 Å². The van der Waals surface area contributed by atoms with Gasteiger partial charge in [0.05, 0.1) is 0 Å². The number of rotatable bonds is 5. The molecule has 1 N–H and O–H groups in total. The van der Waals surface area contributed by atoms with Gasteiger partial charge in [-0.05, 0) is 31.7 Å². The summed E-state index contributed by atoms with van der Waals surface area (Å²) >= 11 is 5.97. The van der Waals surface area contributed by atoms with Crippen LogP contribution in [0.25, 0.3) is 0 Å². The number of anilines is 1. The largest absolute Gasteiger partial charge is 0.384 e. The Morgan fingerprint density at radius 1 is 1.37 bits per heavy atom. The summed E-state index contributed by atoms with van der Waals surface area (Å²) in [5.74, 6) is 0. The molecule has 0 saturated carbocycles. The van der Waals surface area contributed by atoms with Gasteiger partial charge in [-0.2, -0.15) is 0 Å². The molecule has 1 saturated heterocycles. The third-order valence-electron chi connectivity index (χ3n) is 3.91. The second-order valence-corrected chi connectivity index (χ2v) is 5.72. The summed E-state index contributed by atoms with van der Waals surface area (Å²) < 4.78 is 0. The molecule has 1 heterocycles. The first-order valence-electron chi connectivity index (χ1n) is 7.11. The van der Waals surface area contributed by atoms with Crippen molar-refractivity contribution in [3.05, 3.63) is 29.3 Å². The number of hydrogen-bond acceptors (Lipinski definition) is 3. The quantitative estimate of drug-likeness (QED) is 0.895. The lowest BCUT2D eigenvalue weighted by atomic mass is 10.1. The number of hydrogen-bond donors (Lipinski definition) is 1. The Labute approximate surface area is 121 Å². The highest BCUT2D eigenvalue weighted by molar-refractivity contribution is 6.30. The van der Waals surface area contributed by atoms with Gasteiger partial charge in [0.1, 0.15) is 0 Å². The first kappa shape index (κ1) is 14.6. The zero-order valence-corrected chi connectivity index (χ0v) is 12.7. The van der Waals surface area contributed by atoms with Crippen molar-refractivity contribution in [1.29, 1.82) is 0 Å². The van der Waals surface area contributed by atoms with Crippen LogP contribution in [0.1, 0.15) is 13.3 Å². The van der Waals surface area contributed by atoms with Crippen molar-refractivity contribution in [1.82, 2.24) is 9.80 Å². The van der Waals surface area contributed by atoms with Crippen LogP contribution >= 0.6 is 11.6 Å². The Morgan fingerprint density at radius 2 is 2.21 bits per heavy atom. The maximum Gasteiger partial charge on any atom is 0.0426 e. The number of nitrogens with zero attached hydrogens (tertiary/aromatic N) is 2. The Hall–Kier alpha value is -0.770. The molecular formula is C15H24ClN3. The Balaban J connectivity index is 1.74. The molecule has 0 spiro atoms. The maximum absolute atomic E-state index is 5.97. The highest BCUT2D eigenvalue weighted by atomic mass is 35.5. The molecule has 1 fully saturated rings. The van der Waals surface area contributed by atoms with E-state index in [1.807, 2.05) is 18.2 Å². The van der Waals surface area contributed by atoms with E-state index < -0.39 is 0 Å². The first-order valence-corrected chi connectivity index (χ1v) is 7.49. The smallest absolute Gasteiger partial charge is 0.0426 e. The molecule has 0 bridgehead atoms. The van der Waals surface area contributed by atoms with E-state index in [9.17, 15) is 0 Å². The molecule has 0 aromatic heterocycles. The number of likely N-dealkylation sites (N-methyl/N-ethyl adjacent to an activating group) is 1. The fraction of sp³-hybridized carbons (Fsp3) is 0.600. The van der Waals surface area contributed by atoms with Gasteiger partial charge in [0, 0.05) is 49.5 Å². The van der Waals surface area contributed by atoms with Crippen molar-refractivity contribution >= 4 is 17.3 Å². The van der Waals surface area contributed by atoms with E-state index in [2.05, 4.69) is 35.2 Å². The highest BCUT2D eigenvalue weighted by Crippen LogP contribution is 2.15. The third-order valence-corrected chi connectivity index (χ3v) is 4.15. The van der Waals surface area contributed by atoms with Gasteiger partial charge in [-0.1, -0.05) is 24.6 Å². The second-order valence-electron chi connectivity index (χ2n) is 5.28. The summed E-state index contributed by atoms with van der Waals surface area (Å²) in [6, 6.07) is 8.62. The van der Waals surface area contributed by atoms with Gasteiger partial charge in [0.2, 0.25) is 0 Å². The van der Waals surface area contributed by atoms with Gasteiger partial charge in [0.25, 0.3) is 0 Å². The molecule has 1 aromatic carbocycles. The molecule has 106 valence electrons. The lowest BCUT2D eigenvalue weighted by Crippen LogP contribution is -2.51. The third kappa shape index (κ3) is 4.37. The predicted molar refractivity (Wildman–Crippen MR) is 83.1 cm³/mol. The van der Waals surface area contributed by atoms with E-state index in [1.54, 1.807) is 0 Å². The molecule has 1 aliphatic heterocycles. The summed E-state index contributed by atoms with van der Waals surface area (Å²) in [5.41, 5.74) is 1.11. The van der Waals surface area contributed by atoms with E-state index in [0.717, 1.165) is 23.8 Å². The Morgan fingerprint density at radius 3 is 2.95 bits per heavy atom. The summed E-state index contributed by atoms with van der Waals surface area (Å²) in [6.45, 7) is 7.87. The summed E-state index contributed by atoms with van der Waals surface area (Å²) in [7, 11) is 2.23. The van der Waals surface area contributed by atoms with Crippen molar-refractivity contribution in [2.75, 3.05) is 45.1 Å². The van der Waals surface area contributed by atoms with Gasteiger partial charge in [0.15, 0.2) is 0 Å². The van der Waals surface area contributed by atoms with Crippen LogP contribution in [0.5, 0.6) is 0 Å². The minimum atomic E-state index is 0.708. The monoisotopic (exact) mass is 281 g/mol. The minimum Gasteiger partial charge on any atom is -0.384 e. The zero-order chi connectivity index (χ0) is 13.7. The topological polar surface area (TPSA) is 18.5 Å². The van der Waals surface area contributed by atoms with Gasteiger partial charge in [-0.15, -0.1) is 0 Å². The average molecular weight is 282 g/mol. The second kappa shape index (κ2) is 7.13. The molecule has 1 aromatic rings. The van der Waals surface area contributed by atoms with Crippen LogP contribution in [0.15, 0.2) is 24.3 Å². The molecule has 1 unspecified atom stereocenters. The van der Waals surface area contributed by atoms with Gasteiger partial charge >= 0.3 is 0 Å². The molecule has 1 aliphatic rings. The van der Waals surface area contributed by atoms with Crippen molar-refractivity contribution in [3.8, 4) is 0 Å². The van der Waals surface area contributed by atoms with Crippen LogP contribution in [0.3, 0.4) is 0 Å². The van der Waals surface area contributed by atoms with Crippen LogP contribution in [-0.4, -0.2) is 55.6 Å².